The molecular formula is C23H16FNO5. The second-order valence-corrected chi connectivity index (χ2v) is 6.77. The first-order valence-corrected chi connectivity index (χ1v) is 9.11. The zero-order chi connectivity index (χ0) is 21.3. The monoisotopic (exact) mass is 405 g/mol. The van der Waals surface area contributed by atoms with Crippen molar-refractivity contribution >= 4 is 16.9 Å². The highest BCUT2D eigenvalue weighted by molar-refractivity contribution is 5.87. The number of aliphatic carboxylic acids is 1. The Morgan fingerprint density at radius 3 is 2.60 bits per heavy atom. The number of halogens is 1. The van der Waals surface area contributed by atoms with Gasteiger partial charge in [0.1, 0.15) is 23.4 Å². The van der Waals surface area contributed by atoms with Gasteiger partial charge in [0.25, 0.3) is 0 Å². The van der Waals surface area contributed by atoms with E-state index in [1.54, 1.807) is 24.4 Å². The Kier molecular flexibility index (Phi) is 5.02. The second kappa shape index (κ2) is 7.79. The van der Waals surface area contributed by atoms with E-state index in [4.69, 9.17) is 4.42 Å². The number of rotatable bonds is 5. The van der Waals surface area contributed by atoms with Crippen molar-refractivity contribution in [2.75, 3.05) is 0 Å². The Morgan fingerprint density at radius 2 is 1.90 bits per heavy atom. The summed E-state index contributed by atoms with van der Waals surface area (Å²) in [6.07, 6.45) is 3.83. The highest BCUT2D eigenvalue weighted by Gasteiger charge is 2.26. The van der Waals surface area contributed by atoms with Crippen LogP contribution in [0.2, 0.25) is 0 Å². The lowest BCUT2D eigenvalue weighted by Crippen LogP contribution is -2.12. The molecule has 30 heavy (non-hydrogen) atoms. The third kappa shape index (κ3) is 3.41. The fraction of sp³-hybridized carbons (Fsp3) is 0.0870. The largest absolute Gasteiger partial charge is 0.508 e. The molecule has 6 nitrogen and oxygen atoms in total. The summed E-state index contributed by atoms with van der Waals surface area (Å²) < 4.78 is 19.9. The third-order valence-corrected chi connectivity index (χ3v) is 4.93. The third-order valence-electron chi connectivity index (χ3n) is 4.93. The first-order chi connectivity index (χ1) is 14.5. The van der Waals surface area contributed by atoms with Crippen molar-refractivity contribution in [2.45, 2.75) is 12.3 Å². The minimum Gasteiger partial charge on any atom is -0.508 e. The molecule has 4 rings (SSSR count). The van der Waals surface area contributed by atoms with Gasteiger partial charge in [-0.2, -0.15) is 0 Å². The Bertz CT molecular complexity index is 1300. The normalized spacial score (nSPS) is 12.0. The van der Waals surface area contributed by atoms with Crippen LogP contribution in [0.1, 0.15) is 23.5 Å². The van der Waals surface area contributed by atoms with E-state index in [1.807, 2.05) is 0 Å². The lowest BCUT2D eigenvalue weighted by molar-refractivity contribution is -0.137. The van der Waals surface area contributed by atoms with Gasteiger partial charge in [-0.3, -0.25) is 14.6 Å². The molecule has 4 aromatic rings. The topological polar surface area (TPSA) is 101 Å². The van der Waals surface area contributed by atoms with Crippen molar-refractivity contribution in [1.82, 2.24) is 4.98 Å². The number of carboxylic acids is 1. The summed E-state index contributed by atoms with van der Waals surface area (Å²) in [4.78, 5) is 28.6. The molecule has 0 unspecified atom stereocenters. The van der Waals surface area contributed by atoms with Crippen molar-refractivity contribution in [3.8, 4) is 16.9 Å². The van der Waals surface area contributed by atoms with E-state index >= 15 is 0 Å². The van der Waals surface area contributed by atoms with Gasteiger partial charge in [-0.05, 0) is 29.8 Å². The highest BCUT2D eigenvalue weighted by Crippen LogP contribution is 2.39. The molecule has 7 heteroatoms. The van der Waals surface area contributed by atoms with Crippen LogP contribution >= 0.6 is 0 Å². The summed E-state index contributed by atoms with van der Waals surface area (Å²) in [6.45, 7) is 0. The number of aromatic nitrogens is 1. The molecule has 0 saturated heterocycles. The number of hydrogen-bond acceptors (Lipinski definition) is 5. The number of phenols is 1. The molecule has 2 N–H and O–H groups in total. The van der Waals surface area contributed by atoms with Crippen LogP contribution in [-0.4, -0.2) is 21.2 Å². The van der Waals surface area contributed by atoms with E-state index in [9.17, 15) is 24.2 Å². The van der Waals surface area contributed by atoms with Crippen molar-refractivity contribution in [1.29, 1.82) is 0 Å². The second-order valence-electron chi connectivity index (χ2n) is 6.77. The number of hydrogen-bond donors (Lipinski definition) is 2. The Hall–Kier alpha value is -4.00. The molecule has 0 bridgehead atoms. The van der Waals surface area contributed by atoms with Crippen LogP contribution in [0.4, 0.5) is 4.39 Å². The Labute approximate surface area is 169 Å². The summed E-state index contributed by atoms with van der Waals surface area (Å²) in [5.41, 5.74) is 0.409. The number of carbonyl (C=O) groups is 1. The minimum absolute atomic E-state index is 0.0356. The van der Waals surface area contributed by atoms with E-state index in [1.165, 1.54) is 36.5 Å². The number of nitrogens with zero attached hydrogens (tertiary/aromatic N) is 1. The number of pyridine rings is 1. The Balaban J connectivity index is 1.98. The summed E-state index contributed by atoms with van der Waals surface area (Å²) in [5.74, 6) is -2.67. The van der Waals surface area contributed by atoms with Crippen LogP contribution in [0.25, 0.3) is 22.1 Å². The van der Waals surface area contributed by atoms with Gasteiger partial charge < -0.3 is 14.6 Å². The van der Waals surface area contributed by atoms with Gasteiger partial charge in [-0.15, -0.1) is 0 Å². The van der Waals surface area contributed by atoms with E-state index < -0.39 is 23.1 Å². The molecule has 0 spiro atoms. The van der Waals surface area contributed by atoms with Gasteiger partial charge in [-0.25, -0.2) is 4.39 Å². The van der Waals surface area contributed by atoms with Crippen LogP contribution in [0.5, 0.6) is 5.75 Å². The van der Waals surface area contributed by atoms with Gasteiger partial charge in [0.15, 0.2) is 0 Å². The van der Waals surface area contributed by atoms with E-state index in [2.05, 4.69) is 4.98 Å². The number of phenolic OH excluding ortho intramolecular Hbond substituents is 1. The predicted molar refractivity (Wildman–Crippen MR) is 108 cm³/mol. The maximum Gasteiger partial charge on any atom is 0.304 e. The predicted octanol–water partition coefficient (Wildman–Crippen LogP) is 4.31. The molecule has 0 aliphatic rings. The average Bonchev–Trinajstić information content (AvgIpc) is 2.74. The van der Waals surface area contributed by atoms with Crippen LogP contribution in [0.15, 0.2) is 76.4 Å². The molecule has 0 saturated carbocycles. The SMILES string of the molecule is O=C(O)C[C@@H](c1cccnc1)c1c(O)ccc2c(=O)c(-c3ccccc3F)coc12. The molecule has 0 fully saturated rings. The number of aromatic hydroxyl groups is 1. The fourth-order valence-electron chi connectivity index (χ4n) is 3.56. The quantitative estimate of drug-likeness (QED) is 0.513. The molecule has 0 radical (unpaired) electrons. The zero-order valence-electron chi connectivity index (χ0n) is 15.6. The fourth-order valence-corrected chi connectivity index (χ4v) is 3.56. The van der Waals surface area contributed by atoms with Gasteiger partial charge >= 0.3 is 5.97 Å². The molecule has 2 aromatic heterocycles. The van der Waals surface area contributed by atoms with Gasteiger partial charge in [-0.1, -0.05) is 24.3 Å². The van der Waals surface area contributed by atoms with Crippen LogP contribution < -0.4 is 5.43 Å². The molecule has 0 aliphatic heterocycles. The summed E-state index contributed by atoms with van der Waals surface area (Å²) in [5, 5.41) is 20.1. The molecule has 150 valence electrons. The summed E-state index contributed by atoms with van der Waals surface area (Å²) >= 11 is 0. The molecule has 0 aliphatic carbocycles. The number of benzene rings is 2. The van der Waals surface area contributed by atoms with Gasteiger partial charge in [0.2, 0.25) is 5.43 Å². The molecule has 2 heterocycles. The maximum absolute atomic E-state index is 14.2. The van der Waals surface area contributed by atoms with E-state index in [0.29, 0.717) is 5.56 Å². The van der Waals surface area contributed by atoms with Gasteiger partial charge in [0.05, 0.1) is 17.4 Å². The summed E-state index contributed by atoms with van der Waals surface area (Å²) in [7, 11) is 0. The van der Waals surface area contributed by atoms with Crippen LogP contribution in [0.3, 0.4) is 0 Å². The van der Waals surface area contributed by atoms with Crippen molar-refractivity contribution in [3.63, 3.8) is 0 Å². The standard InChI is InChI=1S/C23H16FNO5/c24-18-6-2-1-5-14(18)17-12-30-23-15(22(17)29)7-8-19(26)21(23)16(10-20(27)28)13-4-3-9-25-11-13/h1-9,11-12,16,26H,10H2,(H,27,28)/t16-/m0/s1. The lowest BCUT2D eigenvalue weighted by Gasteiger charge is -2.18. The zero-order valence-corrected chi connectivity index (χ0v) is 15.6. The van der Waals surface area contributed by atoms with Crippen molar-refractivity contribution < 1.29 is 23.8 Å². The lowest BCUT2D eigenvalue weighted by atomic mass is 9.87. The smallest absolute Gasteiger partial charge is 0.304 e. The molecule has 0 amide bonds. The number of carboxylic acid groups (broad SMARTS) is 1. The van der Waals surface area contributed by atoms with Crippen molar-refractivity contribution in [2.24, 2.45) is 0 Å². The molecule has 2 aromatic carbocycles. The van der Waals surface area contributed by atoms with Gasteiger partial charge in [0, 0.05) is 29.4 Å². The highest BCUT2D eigenvalue weighted by atomic mass is 19.1. The minimum atomic E-state index is -1.09. The summed E-state index contributed by atoms with van der Waals surface area (Å²) in [6, 6.07) is 11.9. The average molecular weight is 405 g/mol. The Morgan fingerprint density at radius 1 is 1.10 bits per heavy atom. The van der Waals surface area contributed by atoms with E-state index in [0.717, 1.165) is 6.26 Å². The number of fused-ring (bicyclic) bond motifs is 1. The molecular weight excluding hydrogens is 389 g/mol. The van der Waals surface area contributed by atoms with Crippen LogP contribution in [0, 0.1) is 5.82 Å². The first-order valence-electron chi connectivity index (χ1n) is 9.11. The first kappa shape index (κ1) is 19.3. The molecule has 1 atom stereocenters. The van der Waals surface area contributed by atoms with Crippen LogP contribution in [-0.2, 0) is 4.79 Å². The van der Waals surface area contributed by atoms with E-state index in [-0.39, 0.29) is 39.8 Å². The van der Waals surface area contributed by atoms with Crippen molar-refractivity contribution in [3.05, 3.63) is 94.4 Å². The maximum atomic E-state index is 14.2.